The molecule has 5 heteroatoms. The van der Waals surface area contributed by atoms with E-state index in [2.05, 4.69) is 35.2 Å². The van der Waals surface area contributed by atoms with Crippen molar-refractivity contribution in [1.82, 2.24) is 9.99 Å². The van der Waals surface area contributed by atoms with Crippen LogP contribution in [0.2, 0.25) is 0 Å². The molecule has 0 atom stereocenters. The highest BCUT2D eigenvalue weighted by Gasteiger charge is 2.22. The SMILES string of the molecule is CCSc1cccc(C2=NN(C(=O)c3cccnc3)CC2)c1. The quantitative estimate of drug-likeness (QED) is 0.813. The smallest absolute Gasteiger partial charge is 0.267 e. The Morgan fingerprint density at radius 1 is 1.32 bits per heavy atom. The zero-order chi connectivity index (χ0) is 15.4. The summed E-state index contributed by atoms with van der Waals surface area (Å²) in [4.78, 5) is 17.6. The Morgan fingerprint density at radius 2 is 2.23 bits per heavy atom. The van der Waals surface area contributed by atoms with E-state index in [4.69, 9.17) is 0 Å². The first kappa shape index (κ1) is 14.8. The van der Waals surface area contributed by atoms with Crippen molar-refractivity contribution in [2.24, 2.45) is 5.10 Å². The van der Waals surface area contributed by atoms with E-state index in [1.165, 1.54) is 9.90 Å². The third-order valence-corrected chi connectivity index (χ3v) is 4.30. The number of carbonyl (C=O) groups is 1. The highest BCUT2D eigenvalue weighted by molar-refractivity contribution is 7.99. The van der Waals surface area contributed by atoms with Crippen LogP contribution in [0.3, 0.4) is 0 Å². The second-order valence-corrected chi connectivity index (χ2v) is 6.26. The van der Waals surface area contributed by atoms with Crippen molar-refractivity contribution in [3.05, 3.63) is 59.9 Å². The summed E-state index contributed by atoms with van der Waals surface area (Å²) in [6.07, 6.45) is 4.02. The number of pyridine rings is 1. The lowest BCUT2D eigenvalue weighted by molar-refractivity contribution is 0.0778. The Kier molecular flexibility index (Phi) is 4.53. The Hall–Kier alpha value is -2.14. The number of aromatic nitrogens is 1. The van der Waals surface area contributed by atoms with E-state index < -0.39 is 0 Å². The molecule has 1 aliphatic heterocycles. The Labute approximate surface area is 134 Å². The van der Waals surface area contributed by atoms with Gasteiger partial charge in [-0.05, 0) is 35.6 Å². The molecule has 0 saturated heterocycles. The van der Waals surface area contributed by atoms with Gasteiger partial charge in [-0.2, -0.15) is 5.10 Å². The number of rotatable bonds is 4. The molecule has 2 heterocycles. The van der Waals surface area contributed by atoms with Gasteiger partial charge in [0.2, 0.25) is 0 Å². The summed E-state index contributed by atoms with van der Waals surface area (Å²) in [6, 6.07) is 11.9. The second-order valence-electron chi connectivity index (χ2n) is 4.93. The van der Waals surface area contributed by atoms with Gasteiger partial charge in [0.15, 0.2) is 0 Å². The maximum Gasteiger partial charge on any atom is 0.275 e. The normalized spacial score (nSPS) is 14.0. The van der Waals surface area contributed by atoms with Crippen LogP contribution in [-0.4, -0.2) is 33.9 Å². The van der Waals surface area contributed by atoms with E-state index in [9.17, 15) is 4.79 Å². The van der Waals surface area contributed by atoms with Crippen LogP contribution >= 0.6 is 11.8 Å². The lowest BCUT2D eigenvalue weighted by atomic mass is 10.1. The molecule has 1 aromatic heterocycles. The monoisotopic (exact) mass is 311 g/mol. The lowest BCUT2D eigenvalue weighted by Gasteiger charge is -2.10. The van der Waals surface area contributed by atoms with E-state index in [0.717, 1.165) is 23.4 Å². The van der Waals surface area contributed by atoms with Gasteiger partial charge in [0.05, 0.1) is 17.8 Å². The summed E-state index contributed by atoms with van der Waals surface area (Å²) in [6.45, 7) is 2.76. The standard InChI is InChI=1S/C17H17N3OS/c1-2-22-15-7-3-5-13(11-15)16-8-10-20(19-16)17(21)14-6-4-9-18-12-14/h3-7,9,11-12H,2,8,10H2,1H3. The zero-order valence-electron chi connectivity index (χ0n) is 12.4. The molecule has 0 bridgehead atoms. The lowest BCUT2D eigenvalue weighted by Crippen LogP contribution is -2.23. The van der Waals surface area contributed by atoms with Crippen molar-refractivity contribution in [1.29, 1.82) is 0 Å². The molecule has 0 unspecified atom stereocenters. The Balaban J connectivity index is 1.79. The van der Waals surface area contributed by atoms with Gasteiger partial charge >= 0.3 is 0 Å². The molecule has 0 spiro atoms. The topological polar surface area (TPSA) is 45.6 Å². The van der Waals surface area contributed by atoms with E-state index >= 15 is 0 Å². The number of amides is 1. The summed E-state index contributed by atoms with van der Waals surface area (Å²) in [5.41, 5.74) is 2.64. The van der Waals surface area contributed by atoms with Crippen LogP contribution in [0, 0.1) is 0 Å². The van der Waals surface area contributed by atoms with Gasteiger partial charge in [-0.1, -0.05) is 19.1 Å². The molecular weight excluding hydrogens is 294 g/mol. The van der Waals surface area contributed by atoms with Gasteiger partial charge in [-0.15, -0.1) is 11.8 Å². The van der Waals surface area contributed by atoms with Crippen molar-refractivity contribution < 1.29 is 4.79 Å². The van der Waals surface area contributed by atoms with Crippen LogP contribution in [0.1, 0.15) is 29.3 Å². The molecule has 112 valence electrons. The van der Waals surface area contributed by atoms with Crippen LogP contribution in [0.25, 0.3) is 0 Å². The average Bonchev–Trinajstić information content (AvgIpc) is 3.06. The van der Waals surface area contributed by atoms with E-state index in [1.54, 1.807) is 24.5 Å². The Bertz CT molecular complexity index is 700. The van der Waals surface area contributed by atoms with Gasteiger partial charge in [-0.25, -0.2) is 5.01 Å². The minimum Gasteiger partial charge on any atom is -0.267 e. The van der Waals surface area contributed by atoms with Gasteiger partial charge in [0, 0.05) is 23.7 Å². The number of thioether (sulfide) groups is 1. The molecular formula is C17H17N3OS. The van der Waals surface area contributed by atoms with Crippen molar-refractivity contribution >= 4 is 23.4 Å². The summed E-state index contributed by atoms with van der Waals surface area (Å²) < 4.78 is 0. The third kappa shape index (κ3) is 3.20. The van der Waals surface area contributed by atoms with Crippen molar-refractivity contribution in [3.8, 4) is 0 Å². The molecule has 0 radical (unpaired) electrons. The van der Waals surface area contributed by atoms with Crippen LogP contribution < -0.4 is 0 Å². The molecule has 3 rings (SSSR count). The molecule has 1 aromatic carbocycles. The van der Waals surface area contributed by atoms with Crippen LogP contribution in [0.15, 0.2) is 58.8 Å². The minimum atomic E-state index is -0.0952. The average molecular weight is 311 g/mol. The molecule has 2 aromatic rings. The highest BCUT2D eigenvalue weighted by Crippen LogP contribution is 2.22. The van der Waals surface area contributed by atoms with Crippen molar-refractivity contribution in [2.75, 3.05) is 12.3 Å². The maximum atomic E-state index is 12.4. The molecule has 1 amide bonds. The molecule has 22 heavy (non-hydrogen) atoms. The molecule has 0 aliphatic carbocycles. The maximum absolute atomic E-state index is 12.4. The number of hydrazone groups is 1. The Morgan fingerprint density at radius 3 is 3.00 bits per heavy atom. The predicted molar refractivity (Wildman–Crippen MR) is 89.3 cm³/mol. The summed E-state index contributed by atoms with van der Waals surface area (Å²) in [5.74, 6) is 0.948. The summed E-state index contributed by atoms with van der Waals surface area (Å²) >= 11 is 1.81. The minimum absolute atomic E-state index is 0.0952. The number of hydrogen-bond acceptors (Lipinski definition) is 4. The molecule has 0 N–H and O–H groups in total. The first-order chi connectivity index (χ1) is 10.8. The fourth-order valence-corrected chi connectivity index (χ4v) is 3.10. The molecule has 1 aliphatic rings. The van der Waals surface area contributed by atoms with Crippen molar-refractivity contribution in [3.63, 3.8) is 0 Å². The number of nitrogens with zero attached hydrogens (tertiary/aromatic N) is 3. The first-order valence-electron chi connectivity index (χ1n) is 7.30. The van der Waals surface area contributed by atoms with Gasteiger partial charge in [0.25, 0.3) is 5.91 Å². The van der Waals surface area contributed by atoms with E-state index in [0.29, 0.717) is 12.1 Å². The highest BCUT2D eigenvalue weighted by atomic mass is 32.2. The molecule has 4 nitrogen and oxygen atoms in total. The van der Waals surface area contributed by atoms with Gasteiger partial charge < -0.3 is 0 Å². The zero-order valence-corrected chi connectivity index (χ0v) is 13.2. The predicted octanol–water partition coefficient (Wildman–Crippen LogP) is 3.44. The largest absolute Gasteiger partial charge is 0.275 e. The summed E-state index contributed by atoms with van der Waals surface area (Å²) in [5, 5.41) is 6.03. The third-order valence-electron chi connectivity index (χ3n) is 3.42. The van der Waals surface area contributed by atoms with Gasteiger partial charge in [0.1, 0.15) is 0 Å². The van der Waals surface area contributed by atoms with E-state index in [-0.39, 0.29) is 5.91 Å². The number of carbonyl (C=O) groups excluding carboxylic acids is 1. The first-order valence-corrected chi connectivity index (χ1v) is 8.29. The summed E-state index contributed by atoms with van der Waals surface area (Å²) in [7, 11) is 0. The number of hydrogen-bond donors (Lipinski definition) is 0. The van der Waals surface area contributed by atoms with Crippen molar-refractivity contribution in [2.45, 2.75) is 18.2 Å². The van der Waals surface area contributed by atoms with Crippen LogP contribution in [-0.2, 0) is 0 Å². The fraction of sp³-hybridized carbons (Fsp3) is 0.235. The van der Waals surface area contributed by atoms with Gasteiger partial charge in [-0.3, -0.25) is 9.78 Å². The molecule has 0 fully saturated rings. The second kappa shape index (κ2) is 6.75. The number of benzene rings is 1. The van der Waals surface area contributed by atoms with Crippen LogP contribution in [0.5, 0.6) is 0 Å². The molecule has 0 saturated carbocycles. The van der Waals surface area contributed by atoms with Crippen LogP contribution in [0.4, 0.5) is 0 Å². The fourth-order valence-electron chi connectivity index (χ4n) is 2.38. The van der Waals surface area contributed by atoms with E-state index in [1.807, 2.05) is 17.8 Å².